The molecule has 0 saturated heterocycles. The molecule has 0 fully saturated rings. The number of halogens is 1. The first-order valence-corrected chi connectivity index (χ1v) is 12.7. The van der Waals surface area contributed by atoms with Gasteiger partial charge in [-0.1, -0.05) is 0 Å². The summed E-state index contributed by atoms with van der Waals surface area (Å²) in [6.07, 6.45) is 8.00. The van der Waals surface area contributed by atoms with Crippen molar-refractivity contribution < 1.29 is 13.9 Å². The number of rotatable bonds is 9. The summed E-state index contributed by atoms with van der Waals surface area (Å²) in [5, 5.41) is 13.9. The predicted molar refractivity (Wildman–Crippen MR) is 151 cm³/mol. The van der Waals surface area contributed by atoms with Crippen molar-refractivity contribution in [2.75, 3.05) is 5.32 Å². The van der Waals surface area contributed by atoms with Crippen molar-refractivity contribution in [2.45, 2.75) is 19.9 Å². The third-order valence-electron chi connectivity index (χ3n) is 6.07. The van der Waals surface area contributed by atoms with Crippen LogP contribution in [0.2, 0.25) is 0 Å². The van der Waals surface area contributed by atoms with Crippen LogP contribution < -0.4 is 21.3 Å². The zero-order chi connectivity index (χ0) is 29.8. The lowest BCUT2D eigenvalue weighted by molar-refractivity contribution is 0.101. The summed E-state index contributed by atoms with van der Waals surface area (Å²) in [6, 6.07) is 9.51. The molecule has 13 nitrogen and oxygen atoms in total. The molecule has 0 aliphatic carbocycles. The molecule has 0 aliphatic rings. The van der Waals surface area contributed by atoms with E-state index < -0.39 is 28.7 Å². The van der Waals surface area contributed by atoms with E-state index in [4.69, 9.17) is 10.1 Å². The predicted octanol–water partition coefficient (Wildman–Crippen LogP) is 2.98. The van der Waals surface area contributed by atoms with Crippen LogP contribution in [0.5, 0.6) is 11.5 Å². The number of benzene rings is 1. The monoisotopic (exact) mass is 569 g/mol. The lowest BCUT2D eigenvalue weighted by Gasteiger charge is -2.12. The number of hydrogen-bond acceptors (Lipinski definition) is 9. The van der Waals surface area contributed by atoms with Gasteiger partial charge in [0.05, 0.1) is 29.6 Å². The van der Waals surface area contributed by atoms with Crippen LogP contribution in [0.25, 0.3) is 16.9 Å². The molecule has 1 aromatic carbocycles. The summed E-state index contributed by atoms with van der Waals surface area (Å²) in [4.78, 5) is 51.9. The number of pyridine rings is 2. The number of imidazole rings is 1. The summed E-state index contributed by atoms with van der Waals surface area (Å²) >= 11 is 0. The minimum absolute atomic E-state index is 0.0846. The largest absolute Gasteiger partial charge is 0.454 e. The average Bonchev–Trinajstić information content (AvgIpc) is 3.42. The van der Waals surface area contributed by atoms with Gasteiger partial charge in [0.2, 0.25) is 5.69 Å². The van der Waals surface area contributed by atoms with Crippen LogP contribution in [-0.4, -0.2) is 46.0 Å². The fourth-order valence-corrected chi connectivity index (χ4v) is 4.01. The maximum absolute atomic E-state index is 13.4. The number of anilines is 1. The van der Waals surface area contributed by atoms with Gasteiger partial charge >= 0.3 is 5.69 Å². The van der Waals surface area contributed by atoms with Crippen molar-refractivity contribution in [3.05, 3.63) is 105 Å². The molecule has 4 heterocycles. The van der Waals surface area contributed by atoms with Gasteiger partial charge in [-0.05, 0) is 49.4 Å². The van der Waals surface area contributed by atoms with Crippen molar-refractivity contribution in [2.24, 2.45) is 7.05 Å². The molecule has 0 atom stereocenters. The standard InChI is InChI=1S/C28H24FN9O4/c1-3-37-28(41)38(19-6-4-18(29)5-7-19)27(40)25(35-37)26(39)34-24-9-8-20(14-32-24)42-23-12-17(13-31-21(23)10-11-30)22-15-36(2)16-33-22/h4-9,11-16,30H,3,10H2,1-2H3,(H,32,34,39). The zero-order valence-electron chi connectivity index (χ0n) is 22.5. The van der Waals surface area contributed by atoms with Crippen molar-refractivity contribution in [1.29, 1.82) is 5.41 Å². The molecule has 14 heteroatoms. The molecule has 1 amide bonds. The van der Waals surface area contributed by atoms with E-state index in [0.717, 1.165) is 26.9 Å². The maximum Gasteiger partial charge on any atom is 0.352 e. The number of amides is 1. The molecular formula is C28H24FN9O4. The van der Waals surface area contributed by atoms with E-state index in [1.165, 1.54) is 30.6 Å². The molecule has 2 N–H and O–H groups in total. The van der Waals surface area contributed by atoms with E-state index in [1.807, 2.05) is 17.8 Å². The van der Waals surface area contributed by atoms with Crippen LogP contribution in [0.3, 0.4) is 0 Å². The van der Waals surface area contributed by atoms with Crippen LogP contribution in [0.1, 0.15) is 23.1 Å². The van der Waals surface area contributed by atoms with Gasteiger partial charge in [-0.25, -0.2) is 28.4 Å². The number of aromatic nitrogens is 7. The lowest BCUT2D eigenvalue weighted by atomic mass is 10.1. The van der Waals surface area contributed by atoms with Gasteiger partial charge in [0.25, 0.3) is 11.5 Å². The minimum atomic E-state index is -0.965. The fourth-order valence-electron chi connectivity index (χ4n) is 4.01. The first kappa shape index (κ1) is 27.8. The maximum atomic E-state index is 13.4. The highest BCUT2D eigenvalue weighted by molar-refractivity contribution is 6.02. The molecule has 0 spiro atoms. The summed E-state index contributed by atoms with van der Waals surface area (Å²) in [6.45, 7) is 1.71. The Bertz CT molecular complexity index is 1900. The molecule has 4 aromatic heterocycles. The Balaban J connectivity index is 1.39. The van der Waals surface area contributed by atoms with Crippen molar-refractivity contribution in [3.8, 4) is 28.4 Å². The van der Waals surface area contributed by atoms with Gasteiger partial charge in [-0.15, -0.1) is 0 Å². The summed E-state index contributed by atoms with van der Waals surface area (Å²) in [5.74, 6) is -0.602. The fraction of sp³-hybridized carbons (Fsp3) is 0.143. The van der Waals surface area contributed by atoms with Gasteiger partial charge in [0, 0.05) is 44.2 Å². The molecule has 42 heavy (non-hydrogen) atoms. The molecule has 0 saturated carbocycles. The second-order valence-corrected chi connectivity index (χ2v) is 9.00. The highest BCUT2D eigenvalue weighted by atomic mass is 19.1. The number of carbonyl (C=O) groups is 1. The average molecular weight is 570 g/mol. The normalized spacial score (nSPS) is 10.8. The molecule has 0 radical (unpaired) electrons. The Kier molecular flexibility index (Phi) is 7.77. The molecule has 0 bridgehead atoms. The van der Waals surface area contributed by atoms with Gasteiger partial charge in [-0.3, -0.25) is 14.6 Å². The Hall–Kier alpha value is -5.79. The SMILES string of the molecule is CCn1nc(C(=O)Nc2ccc(Oc3cc(-c4cn(C)cn4)cnc3CC=N)cn2)c(=O)n(-c2ccc(F)cc2)c1=O. The smallest absolute Gasteiger partial charge is 0.352 e. The van der Waals surface area contributed by atoms with Crippen molar-refractivity contribution in [1.82, 2.24) is 33.9 Å². The number of carbonyl (C=O) groups excluding carboxylic acids is 1. The molecular weight excluding hydrogens is 545 g/mol. The first-order valence-electron chi connectivity index (χ1n) is 12.7. The number of nitrogens with one attached hydrogen (secondary N) is 2. The highest BCUT2D eigenvalue weighted by Gasteiger charge is 2.21. The van der Waals surface area contributed by atoms with Gasteiger partial charge in [0.15, 0.2) is 0 Å². The highest BCUT2D eigenvalue weighted by Crippen LogP contribution is 2.29. The second kappa shape index (κ2) is 11.8. The van der Waals surface area contributed by atoms with Gasteiger partial charge in [-0.2, -0.15) is 5.10 Å². The van der Waals surface area contributed by atoms with Crippen LogP contribution in [-0.2, 0) is 20.0 Å². The quantitative estimate of drug-likeness (QED) is 0.256. The minimum Gasteiger partial charge on any atom is -0.454 e. The Morgan fingerprint density at radius 3 is 2.52 bits per heavy atom. The summed E-state index contributed by atoms with van der Waals surface area (Å²) in [5.41, 5.74) is -0.221. The molecule has 0 aliphatic heterocycles. The Morgan fingerprint density at radius 1 is 1.10 bits per heavy atom. The number of ether oxygens (including phenoxy) is 1. The third kappa shape index (κ3) is 5.72. The van der Waals surface area contributed by atoms with E-state index in [9.17, 15) is 18.8 Å². The molecule has 212 valence electrons. The molecule has 0 unspecified atom stereocenters. The van der Waals surface area contributed by atoms with Crippen molar-refractivity contribution >= 4 is 17.9 Å². The Labute approximate surface area is 237 Å². The van der Waals surface area contributed by atoms with E-state index in [1.54, 1.807) is 31.6 Å². The number of aryl methyl sites for hydroxylation is 2. The van der Waals surface area contributed by atoms with E-state index in [0.29, 0.717) is 22.9 Å². The molecule has 5 aromatic rings. The van der Waals surface area contributed by atoms with Gasteiger partial charge < -0.3 is 20.0 Å². The van der Waals surface area contributed by atoms with Crippen LogP contribution in [0, 0.1) is 11.2 Å². The number of nitrogens with zero attached hydrogens (tertiary/aromatic N) is 7. The van der Waals surface area contributed by atoms with E-state index in [-0.39, 0.29) is 24.5 Å². The lowest BCUT2D eigenvalue weighted by Crippen LogP contribution is -2.44. The molecule has 5 rings (SSSR count). The zero-order valence-corrected chi connectivity index (χ0v) is 22.5. The van der Waals surface area contributed by atoms with E-state index >= 15 is 0 Å². The summed E-state index contributed by atoms with van der Waals surface area (Å²) < 4.78 is 22.9. The second-order valence-electron chi connectivity index (χ2n) is 9.00. The van der Waals surface area contributed by atoms with Gasteiger partial charge in [0.1, 0.15) is 23.1 Å². The van der Waals surface area contributed by atoms with E-state index in [2.05, 4.69) is 25.4 Å². The Morgan fingerprint density at radius 2 is 1.88 bits per heavy atom. The first-order chi connectivity index (χ1) is 20.3. The number of hydrogen-bond donors (Lipinski definition) is 2. The third-order valence-corrected chi connectivity index (χ3v) is 6.07. The van der Waals surface area contributed by atoms with Crippen LogP contribution in [0.4, 0.5) is 10.2 Å². The van der Waals surface area contributed by atoms with Crippen LogP contribution in [0.15, 0.2) is 77.0 Å². The topological polar surface area (TPSA) is 163 Å². The summed E-state index contributed by atoms with van der Waals surface area (Å²) in [7, 11) is 1.86. The van der Waals surface area contributed by atoms with Crippen LogP contribution >= 0.6 is 0 Å². The van der Waals surface area contributed by atoms with Crippen molar-refractivity contribution in [3.63, 3.8) is 0 Å².